The predicted octanol–water partition coefficient (Wildman–Crippen LogP) is -0.610. The average molecular weight is 209 g/mol. The van der Waals surface area contributed by atoms with E-state index in [0.717, 1.165) is 6.07 Å². The number of halogens is 1. The fourth-order valence-corrected chi connectivity index (χ4v) is 1.62. The van der Waals surface area contributed by atoms with E-state index in [1.807, 2.05) is 0 Å². The zero-order chi connectivity index (χ0) is 11.0. The number of hydrogen-bond donors (Lipinski definition) is 3. The highest BCUT2D eigenvalue weighted by Gasteiger charge is 2.22. The van der Waals surface area contributed by atoms with Crippen LogP contribution in [0.1, 0.15) is 12.0 Å². The quantitative estimate of drug-likeness (QED) is 0.540. The lowest BCUT2D eigenvalue weighted by molar-refractivity contribution is -0.116. The van der Waals surface area contributed by atoms with E-state index in [-0.39, 0.29) is 23.5 Å². The number of fused-ring (bicyclic) bond motifs is 1. The van der Waals surface area contributed by atoms with Crippen molar-refractivity contribution in [2.45, 2.75) is 12.8 Å². The van der Waals surface area contributed by atoms with E-state index in [4.69, 9.17) is 10.0 Å². The molecule has 2 rings (SSSR count). The van der Waals surface area contributed by atoms with Gasteiger partial charge in [-0.05, 0) is 23.5 Å². The van der Waals surface area contributed by atoms with E-state index in [1.165, 1.54) is 6.07 Å². The van der Waals surface area contributed by atoms with Crippen molar-refractivity contribution in [2.24, 2.45) is 0 Å². The van der Waals surface area contributed by atoms with Crippen LogP contribution in [0.4, 0.5) is 10.1 Å². The van der Waals surface area contributed by atoms with Gasteiger partial charge in [-0.1, -0.05) is 6.07 Å². The molecule has 0 aliphatic carbocycles. The lowest BCUT2D eigenvalue weighted by Crippen LogP contribution is -2.32. The number of aryl methyl sites for hydroxylation is 1. The van der Waals surface area contributed by atoms with Crippen molar-refractivity contribution >= 4 is 24.2 Å². The summed E-state index contributed by atoms with van der Waals surface area (Å²) in [6, 6.07) is 2.50. The summed E-state index contributed by atoms with van der Waals surface area (Å²) in [5, 5.41) is 20.2. The van der Waals surface area contributed by atoms with Crippen LogP contribution in [-0.4, -0.2) is 23.1 Å². The highest BCUT2D eigenvalue weighted by Crippen LogP contribution is 2.24. The summed E-state index contributed by atoms with van der Waals surface area (Å²) in [6.45, 7) is 0. The fraction of sp³-hybridized carbons (Fsp3) is 0.222. The second-order valence-electron chi connectivity index (χ2n) is 3.46. The molecule has 0 aromatic heterocycles. The predicted molar refractivity (Wildman–Crippen MR) is 53.2 cm³/mol. The molecule has 1 aliphatic rings. The molecule has 0 bridgehead atoms. The van der Waals surface area contributed by atoms with Gasteiger partial charge in [-0.3, -0.25) is 4.79 Å². The second kappa shape index (κ2) is 3.64. The Morgan fingerprint density at radius 1 is 1.33 bits per heavy atom. The van der Waals surface area contributed by atoms with E-state index in [1.54, 1.807) is 0 Å². The van der Waals surface area contributed by atoms with Crippen LogP contribution in [0.25, 0.3) is 0 Å². The van der Waals surface area contributed by atoms with Gasteiger partial charge in [0.25, 0.3) is 0 Å². The summed E-state index contributed by atoms with van der Waals surface area (Å²) >= 11 is 0. The molecule has 0 saturated heterocycles. The number of nitrogens with one attached hydrogen (secondary N) is 1. The lowest BCUT2D eigenvalue weighted by atomic mass is 9.78. The number of anilines is 1. The van der Waals surface area contributed by atoms with Gasteiger partial charge in [-0.25, -0.2) is 4.39 Å². The van der Waals surface area contributed by atoms with Crippen molar-refractivity contribution in [3.05, 3.63) is 23.5 Å². The van der Waals surface area contributed by atoms with Crippen LogP contribution in [0.3, 0.4) is 0 Å². The molecule has 1 heterocycles. The highest BCUT2D eigenvalue weighted by molar-refractivity contribution is 6.58. The van der Waals surface area contributed by atoms with Crippen LogP contribution in [0.5, 0.6) is 0 Å². The molecule has 3 N–H and O–H groups in total. The molecular formula is C9H9BFNO3. The standard InChI is InChI=1S/C9H9BFNO3/c11-7-4-6(10(14)15)3-5-1-2-8(13)12-9(5)7/h3-4,14-15H,1-2H2,(H,12,13). The largest absolute Gasteiger partial charge is 0.488 e. The maximum atomic E-state index is 13.4. The monoisotopic (exact) mass is 209 g/mol. The molecule has 15 heavy (non-hydrogen) atoms. The van der Waals surface area contributed by atoms with Gasteiger partial charge in [-0.2, -0.15) is 0 Å². The van der Waals surface area contributed by atoms with E-state index in [0.29, 0.717) is 12.0 Å². The molecule has 0 saturated carbocycles. The van der Waals surface area contributed by atoms with Gasteiger partial charge >= 0.3 is 7.12 Å². The SMILES string of the molecule is O=C1CCc2cc(B(O)O)cc(F)c2N1. The maximum Gasteiger partial charge on any atom is 0.488 e. The van der Waals surface area contributed by atoms with Crippen LogP contribution in [0, 0.1) is 5.82 Å². The van der Waals surface area contributed by atoms with E-state index >= 15 is 0 Å². The molecule has 1 aliphatic heterocycles. The molecule has 4 nitrogen and oxygen atoms in total. The zero-order valence-electron chi connectivity index (χ0n) is 7.83. The summed E-state index contributed by atoms with van der Waals surface area (Å²) < 4.78 is 13.4. The first kappa shape index (κ1) is 10.1. The summed E-state index contributed by atoms with van der Waals surface area (Å²) in [7, 11) is -1.69. The molecule has 78 valence electrons. The Hall–Kier alpha value is -1.40. The molecular weight excluding hydrogens is 200 g/mol. The Balaban J connectivity index is 2.47. The van der Waals surface area contributed by atoms with Gasteiger partial charge in [0.15, 0.2) is 0 Å². The maximum absolute atomic E-state index is 13.4. The number of hydrogen-bond acceptors (Lipinski definition) is 3. The van der Waals surface area contributed by atoms with Crippen molar-refractivity contribution in [3.63, 3.8) is 0 Å². The minimum absolute atomic E-state index is 0.0994. The average Bonchev–Trinajstić information content (AvgIpc) is 2.18. The van der Waals surface area contributed by atoms with E-state index in [2.05, 4.69) is 5.32 Å². The van der Waals surface area contributed by atoms with Crippen molar-refractivity contribution in [1.29, 1.82) is 0 Å². The summed E-state index contributed by atoms with van der Waals surface area (Å²) in [5.41, 5.74) is 0.843. The Morgan fingerprint density at radius 3 is 2.73 bits per heavy atom. The minimum atomic E-state index is -1.69. The minimum Gasteiger partial charge on any atom is -0.423 e. The Kier molecular flexibility index (Phi) is 2.46. The summed E-state index contributed by atoms with van der Waals surface area (Å²) in [5.74, 6) is -0.859. The Morgan fingerprint density at radius 2 is 2.07 bits per heavy atom. The van der Waals surface area contributed by atoms with Crippen LogP contribution in [0.2, 0.25) is 0 Å². The summed E-state index contributed by atoms with van der Waals surface area (Å²) in [4.78, 5) is 11.0. The third-order valence-corrected chi connectivity index (χ3v) is 2.38. The van der Waals surface area contributed by atoms with E-state index < -0.39 is 12.9 Å². The topological polar surface area (TPSA) is 69.6 Å². The van der Waals surface area contributed by atoms with Gasteiger partial charge in [0, 0.05) is 6.42 Å². The lowest BCUT2D eigenvalue weighted by Gasteiger charge is -2.18. The molecule has 0 fully saturated rings. The third-order valence-electron chi connectivity index (χ3n) is 2.38. The molecule has 1 amide bonds. The van der Waals surface area contributed by atoms with Crippen molar-refractivity contribution in [1.82, 2.24) is 0 Å². The fourth-order valence-electron chi connectivity index (χ4n) is 1.62. The molecule has 1 aromatic rings. The van der Waals surface area contributed by atoms with Gasteiger partial charge < -0.3 is 15.4 Å². The van der Waals surface area contributed by atoms with E-state index in [9.17, 15) is 9.18 Å². The molecule has 0 unspecified atom stereocenters. The third kappa shape index (κ3) is 1.86. The van der Waals surface area contributed by atoms with Gasteiger partial charge in [0.05, 0.1) is 5.69 Å². The molecule has 1 aromatic carbocycles. The molecule has 6 heteroatoms. The van der Waals surface area contributed by atoms with Crippen LogP contribution in [-0.2, 0) is 11.2 Å². The first-order valence-electron chi connectivity index (χ1n) is 4.56. The smallest absolute Gasteiger partial charge is 0.423 e. The van der Waals surface area contributed by atoms with Crippen LogP contribution in [0.15, 0.2) is 12.1 Å². The van der Waals surface area contributed by atoms with Crippen LogP contribution < -0.4 is 10.8 Å². The number of amides is 1. The van der Waals surface area contributed by atoms with Gasteiger partial charge in [-0.15, -0.1) is 0 Å². The highest BCUT2D eigenvalue weighted by atomic mass is 19.1. The zero-order valence-corrected chi connectivity index (χ0v) is 7.83. The first-order chi connectivity index (χ1) is 7.08. The molecule has 0 atom stereocenters. The molecule has 0 spiro atoms. The van der Waals surface area contributed by atoms with Gasteiger partial charge in [0.2, 0.25) is 5.91 Å². The molecule has 0 radical (unpaired) electrons. The number of benzene rings is 1. The Bertz CT molecular complexity index is 422. The number of carbonyl (C=O) groups excluding carboxylic acids is 1. The first-order valence-corrected chi connectivity index (χ1v) is 4.56. The van der Waals surface area contributed by atoms with Crippen molar-refractivity contribution < 1.29 is 19.2 Å². The Labute approximate surface area is 85.9 Å². The number of carbonyl (C=O) groups is 1. The van der Waals surface area contributed by atoms with Crippen molar-refractivity contribution in [3.8, 4) is 0 Å². The van der Waals surface area contributed by atoms with Crippen LogP contribution >= 0.6 is 0 Å². The second-order valence-corrected chi connectivity index (χ2v) is 3.46. The number of rotatable bonds is 1. The van der Waals surface area contributed by atoms with Crippen molar-refractivity contribution in [2.75, 3.05) is 5.32 Å². The van der Waals surface area contributed by atoms with Gasteiger partial charge in [0.1, 0.15) is 5.82 Å². The summed E-state index contributed by atoms with van der Waals surface area (Å²) in [6.07, 6.45) is 0.704. The normalized spacial score (nSPS) is 14.5.